The van der Waals surface area contributed by atoms with E-state index < -0.39 is 33.2 Å². The zero-order valence-corrected chi connectivity index (χ0v) is 21.8. The second-order valence-electron chi connectivity index (χ2n) is 8.52. The zero-order chi connectivity index (χ0) is 29.6. The molecule has 210 valence electrons. The van der Waals surface area contributed by atoms with Gasteiger partial charge in [0.25, 0.3) is 11.4 Å². The highest BCUT2D eigenvalue weighted by atomic mass is 16.6. The van der Waals surface area contributed by atoms with Crippen molar-refractivity contribution in [2.45, 2.75) is 25.7 Å². The molecule has 3 aromatic rings. The molecular weight excluding hydrogens is 534 g/mol. The van der Waals surface area contributed by atoms with Crippen LogP contribution in [0.25, 0.3) is 6.08 Å². The van der Waals surface area contributed by atoms with Crippen LogP contribution in [0.2, 0.25) is 0 Å². The Balaban J connectivity index is 1.45. The van der Waals surface area contributed by atoms with Gasteiger partial charge in [0.2, 0.25) is 0 Å². The lowest BCUT2D eigenvalue weighted by molar-refractivity contribution is -0.394. The highest BCUT2D eigenvalue weighted by Gasteiger charge is 2.19. The second-order valence-corrected chi connectivity index (χ2v) is 8.52. The lowest BCUT2D eigenvalue weighted by Crippen LogP contribution is -2.08. The Morgan fingerprint density at radius 2 is 1.59 bits per heavy atom. The Kier molecular flexibility index (Phi) is 11.1. The van der Waals surface area contributed by atoms with Gasteiger partial charge in [-0.05, 0) is 66.9 Å². The SMILES string of the molecule is N#CCCCCOc1ccc(C(=O)Oc2ccc(C=CC(=O)OCCc3ccc([N+](=O)[O-])cc3[N+](=O)[O-])cc2)cc1. The number of nitrogens with zero attached hydrogens (tertiary/aromatic N) is 3. The van der Waals surface area contributed by atoms with Crippen molar-refractivity contribution in [3.05, 3.63) is 110 Å². The maximum absolute atomic E-state index is 12.4. The summed E-state index contributed by atoms with van der Waals surface area (Å²) in [4.78, 5) is 45.1. The summed E-state index contributed by atoms with van der Waals surface area (Å²) in [5.74, 6) is -0.316. The molecule has 0 aromatic heterocycles. The van der Waals surface area contributed by atoms with Crippen molar-refractivity contribution < 1.29 is 33.6 Å². The molecule has 0 aliphatic rings. The Morgan fingerprint density at radius 1 is 0.878 bits per heavy atom. The molecule has 12 nitrogen and oxygen atoms in total. The molecule has 0 unspecified atom stereocenters. The minimum atomic E-state index is -0.726. The summed E-state index contributed by atoms with van der Waals surface area (Å²) in [6.07, 6.45) is 4.69. The smallest absolute Gasteiger partial charge is 0.343 e. The van der Waals surface area contributed by atoms with Crippen LogP contribution in [0.4, 0.5) is 11.4 Å². The number of nitro benzene ring substituents is 2. The van der Waals surface area contributed by atoms with Crippen LogP contribution in [-0.4, -0.2) is 35.0 Å². The number of unbranched alkanes of at least 4 members (excludes halogenated alkanes) is 2. The Bertz CT molecular complexity index is 1460. The van der Waals surface area contributed by atoms with E-state index in [1.165, 1.54) is 18.2 Å². The lowest BCUT2D eigenvalue weighted by Gasteiger charge is -2.07. The Morgan fingerprint density at radius 3 is 2.24 bits per heavy atom. The van der Waals surface area contributed by atoms with Crippen LogP contribution in [0.15, 0.2) is 72.8 Å². The number of hydrogen-bond acceptors (Lipinski definition) is 10. The molecule has 0 aliphatic heterocycles. The first kappa shape index (κ1) is 30.0. The van der Waals surface area contributed by atoms with Crippen LogP contribution in [-0.2, 0) is 16.0 Å². The van der Waals surface area contributed by atoms with E-state index in [0.29, 0.717) is 35.7 Å². The van der Waals surface area contributed by atoms with Crippen LogP contribution >= 0.6 is 0 Å². The van der Waals surface area contributed by atoms with Crippen LogP contribution in [0, 0.1) is 31.6 Å². The van der Waals surface area contributed by atoms with Gasteiger partial charge in [0, 0.05) is 30.5 Å². The van der Waals surface area contributed by atoms with Crippen molar-refractivity contribution in [1.29, 1.82) is 5.26 Å². The number of carbonyl (C=O) groups is 2. The monoisotopic (exact) mass is 559 g/mol. The van der Waals surface area contributed by atoms with E-state index in [4.69, 9.17) is 19.5 Å². The number of non-ortho nitro benzene ring substituents is 1. The van der Waals surface area contributed by atoms with Crippen LogP contribution < -0.4 is 9.47 Å². The van der Waals surface area contributed by atoms with Gasteiger partial charge in [0.05, 0.1) is 40.8 Å². The predicted octanol–water partition coefficient (Wildman–Crippen LogP) is 5.59. The zero-order valence-electron chi connectivity index (χ0n) is 21.8. The highest BCUT2D eigenvalue weighted by Crippen LogP contribution is 2.25. The normalized spacial score (nSPS) is 10.5. The average molecular weight is 560 g/mol. The number of ether oxygens (including phenoxy) is 3. The minimum absolute atomic E-state index is 0.00699. The molecule has 0 amide bonds. The van der Waals surface area contributed by atoms with Crippen molar-refractivity contribution in [2.24, 2.45) is 0 Å². The summed E-state index contributed by atoms with van der Waals surface area (Å²) in [7, 11) is 0. The third kappa shape index (κ3) is 9.60. The molecule has 0 spiro atoms. The molecule has 0 fully saturated rings. The average Bonchev–Trinajstić information content (AvgIpc) is 2.97. The van der Waals surface area contributed by atoms with Gasteiger partial charge in [-0.2, -0.15) is 5.26 Å². The number of esters is 2. The quantitative estimate of drug-likeness (QED) is 0.0605. The maximum atomic E-state index is 12.4. The number of hydrogen-bond donors (Lipinski definition) is 0. The van der Waals surface area contributed by atoms with E-state index in [1.807, 2.05) is 0 Å². The third-order valence-corrected chi connectivity index (χ3v) is 5.64. The molecule has 12 heteroatoms. The summed E-state index contributed by atoms with van der Waals surface area (Å²) in [5.41, 5.74) is 0.352. The number of carbonyl (C=O) groups excluding carboxylic acids is 2. The first-order valence-corrected chi connectivity index (χ1v) is 12.5. The topological polar surface area (TPSA) is 172 Å². The van der Waals surface area contributed by atoms with E-state index in [-0.39, 0.29) is 18.6 Å². The van der Waals surface area contributed by atoms with E-state index in [0.717, 1.165) is 25.0 Å². The molecule has 3 rings (SSSR count). The molecule has 3 aromatic carbocycles. The van der Waals surface area contributed by atoms with Gasteiger partial charge in [-0.15, -0.1) is 0 Å². The fourth-order valence-corrected chi connectivity index (χ4v) is 3.52. The third-order valence-electron chi connectivity index (χ3n) is 5.64. The summed E-state index contributed by atoms with van der Waals surface area (Å²) in [5, 5.41) is 30.6. The van der Waals surface area contributed by atoms with E-state index in [2.05, 4.69) is 6.07 Å². The summed E-state index contributed by atoms with van der Waals surface area (Å²) >= 11 is 0. The molecule has 0 radical (unpaired) electrons. The first-order valence-electron chi connectivity index (χ1n) is 12.5. The molecule has 0 heterocycles. The minimum Gasteiger partial charge on any atom is -0.494 e. The lowest BCUT2D eigenvalue weighted by atomic mass is 10.1. The van der Waals surface area contributed by atoms with Gasteiger partial charge in [0.15, 0.2) is 0 Å². The van der Waals surface area contributed by atoms with Crippen LogP contribution in [0.3, 0.4) is 0 Å². The molecule has 0 N–H and O–H groups in total. The van der Waals surface area contributed by atoms with Gasteiger partial charge >= 0.3 is 11.9 Å². The van der Waals surface area contributed by atoms with Gasteiger partial charge < -0.3 is 14.2 Å². The summed E-state index contributed by atoms with van der Waals surface area (Å²) in [6, 6.07) is 18.3. The molecule has 0 atom stereocenters. The van der Waals surface area contributed by atoms with Gasteiger partial charge in [-0.25, -0.2) is 9.59 Å². The van der Waals surface area contributed by atoms with Crippen molar-refractivity contribution >= 4 is 29.4 Å². The van der Waals surface area contributed by atoms with Crippen LogP contribution in [0.5, 0.6) is 11.5 Å². The molecular formula is C29H25N3O9. The molecule has 41 heavy (non-hydrogen) atoms. The maximum Gasteiger partial charge on any atom is 0.343 e. The van der Waals surface area contributed by atoms with Gasteiger partial charge in [-0.3, -0.25) is 20.2 Å². The fraction of sp³-hybridized carbons (Fsp3) is 0.207. The summed E-state index contributed by atoms with van der Waals surface area (Å²) < 4.78 is 16.0. The standard InChI is InChI=1S/C29H25N3O9/c30-17-2-1-3-18-39-25-13-8-23(9-14-25)29(34)41-26-11-4-21(5-12-26)6-15-28(33)40-19-16-22-7-10-24(31(35)36)20-27(22)32(37)38/h4-15,20H,1-3,16,18-19H2. The number of nitro groups is 2. The molecule has 0 aliphatic carbocycles. The van der Waals surface area contributed by atoms with Crippen molar-refractivity contribution in [3.63, 3.8) is 0 Å². The van der Waals surface area contributed by atoms with E-state index >= 15 is 0 Å². The van der Waals surface area contributed by atoms with E-state index in [1.54, 1.807) is 48.5 Å². The second kappa shape index (κ2) is 15.1. The van der Waals surface area contributed by atoms with Gasteiger partial charge in [0.1, 0.15) is 11.5 Å². The molecule has 0 saturated carbocycles. The van der Waals surface area contributed by atoms with Crippen molar-refractivity contribution in [2.75, 3.05) is 13.2 Å². The number of rotatable bonds is 14. The van der Waals surface area contributed by atoms with Crippen molar-refractivity contribution in [3.8, 4) is 17.6 Å². The van der Waals surface area contributed by atoms with Crippen molar-refractivity contribution in [1.82, 2.24) is 0 Å². The van der Waals surface area contributed by atoms with E-state index in [9.17, 15) is 29.8 Å². The number of nitriles is 1. The highest BCUT2D eigenvalue weighted by molar-refractivity contribution is 5.91. The first-order chi connectivity index (χ1) is 19.8. The van der Waals surface area contributed by atoms with Crippen LogP contribution in [0.1, 0.15) is 40.7 Å². The Labute approximate surface area is 234 Å². The number of benzene rings is 3. The molecule has 0 bridgehead atoms. The largest absolute Gasteiger partial charge is 0.494 e. The summed E-state index contributed by atoms with van der Waals surface area (Å²) in [6.45, 7) is 0.323. The molecule has 0 saturated heterocycles. The van der Waals surface area contributed by atoms with Gasteiger partial charge in [-0.1, -0.05) is 12.1 Å². The Hall–Kier alpha value is -5.57. The fourth-order valence-electron chi connectivity index (χ4n) is 3.52. The predicted molar refractivity (Wildman–Crippen MR) is 146 cm³/mol.